The number of aliphatic carboxylic acids is 1. The van der Waals surface area contributed by atoms with Crippen molar-refractivity contribution in [3.05, 3.63) is 73.4 Å². The molecule has 0 spiro atoms. The van der Waals surface area contributed by atoms with Crippen molar-refractivity contribution in [2.45, 2.75) is 19.5 Å². The average Bonchev–Trinajstić information content (AvgIpc) is 3.47. The minimum atomic E-state index is -1.37. The zero-order valence-corrected chi connectivity index (χ0v) is 19.4. The van der Waals surface area contributed by atoms with E-state index < -0.39 is 41.3 Å². The SMILES string of the molecule is Cc1cc(C(=O)NCc2ccc(F)c(O)c2)sc1C(=O)N[C@@H](CNC(=O)c1cccs1)C(=O)O. The summed E-state index contributed by atoms with van der Waals surface area (Å²) in [7, 11) is 0. The fourth-order valence-electron chi connectivity index (χ4n) is 2.87. The van der Waals surface area contributed by atoms with Gasteiger partial charge in [0.15, 0.2) is 11.6 Å². The first-order valence-electron chi connectivity index (χ1n) is 9.87. The van der Waals surface area contributed by atoms with Gasteiger partial charge in [-0.3, -0.25) is 14.4 Å². The lowest BCUT2D eigenvalue weighted by molar-refractivity contribution is -0.139. The number of aryl methyl sites for hydroxylation is 1. The average molecular weight is 506 g/mol. The first kappa shape index (κ1) is 24.9. The van der Waals surface area contributed by atoms with Gasteiger partial charge in [-0.15, -0.1) is 22.7 Å². The molecule has 3 rings (SSSR count). The Balaban J connectivity index is 1.61. The number of halogens is 1. The Hall–Kier alpha value is -3.77. The highest BCUT2D eigenvalue weighted by Crippen LogP contribution is 2.22. The third-order valence-electron chi connectivity index (χ3n) is 4.63. The summed E-state index contributed by atoms with van der Waals surface area (Å²) in [4.78, 5) is 49.5. The molecule has 0 aliphatic rings. The maximum Gasteiger partial charge on any atom is 0.328 e. The minimum absolute atomic E-state index is 0.0240. The summed E-state index contributed by atoms with van der Waals surface area (Å²) in [6, 6.07) is 7.08. The van der Waals surface area contributed by atoms with Crippen LogP contribution in [0.15, 0.2) is 41.8 Å². The summed E-state index contributed by atoms with van der Waals surface area (Å²) in [5.41, 5.74) is 0.950. The number of carbonyl (C=O) groups is 4. The number of phenolic OH excluding ortho intramolecular Hbond substituents is 1. The van der Waals surface area contributed by atoms with Crippen LogP contribution in [0.4, 0.5) is 4.39 Å². The lowest BCUT2D eigenvalue weighted by Crippen LogP contribution is -2.48. The summed E-state index contributed by atoms with van der Waals surface area (Å²) in [5, 5.41) is 28.0. The highest BCUT2D eigenvalue weighted by Gasteiger charge is 2.25. The topological polar surface area (TPSA) is 145 Å². The molecule has 34 heavy (non-hydrogen) atoms. The number of amides is 3. The van der Waals surface area contributed by atoms with E-state index in [0.717, 1.165) is 17.4 Å². The minimum Gasteiger partial charge on any atom is -0.505 e. The normalized spacial score (nSPS) is 11.5. The molecule has 0 fully saturated rings. The molecule has 2 heterocycles. The fourth-order valence-corrected chi connectivity index (χ4v) is 4.50. The number of carbonyl (C=O) groups excluding carboxylic acids is 3. The van der Waals surface area contributed by atoms with Gasteiger partial charge in [0, 0.05) is 13.1 Å². The van der Waals surface area contributed by atoms with E-state index in [0.29, 0.717) is 16.0 Å². The van der Waals surface area contributed by atoms with E-state index in [1.54, 1.807) is 24.4 Å². The standard InChI is InChI=1S/C22H20FN3O6S2/c1-11-7-17(20(29)24-9-12-4-5-13(23)15(27)8-12)34-18(11)21(30)26-14(22(31)32)10-25-19(28)16-3-2-6-33-16/h2-8,14,27H,9-10H2,1H3,(H,24,29)(H,25,28)(H,26,30)(H,31,32)/t14-/m0/s1. The van der Waals surface area contributed by atoms with Crippen molar-refractivity contribution in [2.24, 2.45) is 0 Å². The van der Waals surface area contributed by atoms with Crippen LogP contribution in [0, 0.1) is 12.7 Å². The van der Waals surface area contributed by atoms with Gasteiger partial charge in [-0.25, -0.2) is 9.18 Å². The number of phenols is 1. The van der Waals surface area contributed by atoms with Crippen molar-refractivity contribution in [3.63, 3.8) is 0 Å². The van der Waals surface area contributed by atoms with Crippen LogP contribution in [0.25, 0.3) is 0 Å². The van der Waals surface area contributed by atoms with Gasteiger partial charge >= 0.3 is 5.97 Å². The van der Waals surface area contributed by atoms with Crippen LogP contribution in [0.3, 0.4) is 0 Å². The molecule has 0 saturated carbocycles. The molecular formula is C22H20FN3O6S2. The number of hydrogen-bond donors (Lipinski definition) is 5. The molecule has 3 amide bonds. The number of aromatic hydroxyl groups is 1. The second-order valence-electron chi connectivity index (χ2n) is 7.14. The Morgan fingerprint density at radius 2 is 1.76 bits per heavy atom. The van der Waals surface area contributed by atoms with E-state index in [1.165, 1.54) is 29.5 Å². The van der Waals surface area contributed by atoms with Gasteiger partial charge in [0.25, 0.3) is 17.7 Å². The van der Waals surface area contributed by atoms with Crippen LogP contribution in [-0.2, 0) is 11.3 Å². The Morgan fingerprint density at radius 1 is 1.03 bits per heavy atom. The smallest absolute Gasteiger partial charge is 0.328 e. The molecule has 0 saturated heterocycles. The molecule has 12 heteroatoms. The van der Waals surface area contributed by atoms with Crippen LogP contribution in [0.5, 0.6) is 5.75 Å². The van der Waals surface area contributed by atoms with E-state index in [1.807, 2.05) is 0 Å². The zero-order chi connectivity index (χ0) is 24.8. The molecule has 3 aromatic rings. The van der Waals surface area contributed by atoms with E-state index >= 15 is 0 Å². The highest BCUT2D eigenvalue weighted by atomic mass is 32.1. The largest absolute Gasteiger partial charge is 0.505 e. The number of benzene rings is 1. The molecule has 1 aromatic carbocycles. The number of hydrogen-bond acceptors (Lipinski definition) is 7. The van der Waals surface area contributed by atoms with Gasteiger partial charge in [0.05, 0.1) is 14.6 Å². The first-order valence-corrected chi connectivity index (χ1v) is 11.6. The van der Waals surface area contributed by atoms with E-state index in [2.05, 4.69) is 16.0 Å². The molecule has 0 unspecified atom stereocenters. The van der Waals surface area contributed by atoms with Crippen LogP contribution >= 0.6 is 22.7 Å². The third-order valence-corrected chi connectivity index (χ3v) is 6.73. The molecular weight excluding hydrogens is 485 g/mol. The van der Waals surface area contributed by atoms with Crippen LogP contribution in [0.2, 0.25) is 0 Å². The number of carboxylic acid groups (broad SMARTS) is 1. The molecule has 9 nitrogen and oxygen atoms in total. The summed E-state index contributed by atoms with van der Waals surface area (Å²) in [6.45, 7) is 1.31. The van der Waals surface area contributed by atoms with Gasteiger partial charge in [-0.2, -0.15) is 0 Å². The van der Waals surface area contributed by atoms with Gasteiger partial charge in [0.1, 0.15) is 6.04 Å². The molecule has 5 N–H and O–H groups in total. The molecule has 178 valence electrons. The Morgan fingerprint density at radius 3 is 2.41 bits per heavy atom. The van der Waals surface area contributed by atoms with E-state index in [9.17, 15) is 33.8 Å². The Bertz CT molecular complexity index is 1230. The maximum absolute atomic E-state index is 13.1. The molecule has 0 bridgehead atoms. The number of carboxylic acids is 1. The molecule has 1 atom stereocenters. The van der Waals surface area contributed by atoms with Gasteiger partial charge in [0.2, 0.25) is 0 Å². The quantitative estimate of drug-likeness (QED) is 0.302. The van der Waals surface area contributed by atoms with E-state index in [4.69, 9.17) is 0 Å². The van der Waals surface area contributed by atoms with Crippen molar-refractivity contribution < 1.29 is 33.8 Å². The second-order valence-corrected chi connectivity index (χ2v) is 9.14. The summed E-state index contributed by atoms with van der Waals surface area (Å²) >= 11 is 2.08. The van der Waals surface area contributed by atoms with Crippen molar-refractivity contribution >= 4 is 46.4 Å². The second kappa shape index (κ2) is 10.9. The van der Waals surface area contributed by atoms with Crippen LogP contribution < -0.4 is 16.0 Å². The highest BCUT2D eigenvalue weighted by molar-refractivity contribution is 7.16. The lowest BCUT2D eigenvalue weighted by Gasteiger charge is -2.15. The van der Waals surface area contributed by atoms with Gasteiger partial charge in [-0.05, 0) is 47.7 Å². The van der Waals surface area contributed by atoms with Gasteiger partial charge in [-0.1, -0.05) is 12.1 Å². The van der Waals surface area contributed by atoms with Crippen molar-refractivity contribution in [3.8, 4) is 5.75 Å². The Labute approximate surface area is 201 Å². The first-order chi connectivity index (χ1) is 16.2. The summed E-state index contributed by atoms with van der Waals surface area (Å²) in [5.74, 6) is -4.26. The molecule has 2 aromatic heterocycles. The summed E-state index contributed by atoms with van der Waals surface area (Å²) < 4.78 is 13.1. The van der Waals surface area contributed by atoms with Crippen LogP contribution in [-0.4, -0.2) is 46.5 Å². The predicted molar refractivity (Wildman–Crippen MR) is 124 cm³/mol. The summed E-state index contributed by atoms with van der Waals surface area (Å²) in [6.07, 6.45) is 0. The third kappa shape index (κ3) is 6.17. The number of rotatable bonds is 9. The Kier molecular flexibility index (Phi) is 7.97. The molecule has 0 radical (unpaired) electrons. The van der Waals surface area contributed by atoms with Crippen molar-refractivity contribution in [1.29, 1.82) is 0 Å². The van der Waals surface area contributed by atoms with Crippen LogP contribution in [0.1, 0.15) is 40.1 Å². The molecule has 0 aliphatic heterocycles. The monoisotopic (exact) mass is 505 g/mol. The zero-order valence-electron chi connectivity index (χ0n) is 17.8. The van der Waals surface area contributed by atoms with E-state index in [-0.39, 0.29) is 22.8 Å². The number of nitrogens with one attached hydrogen (secondary N) is 3. The molecule has 0 aliphatic carbocycles. The maximum atomic E-state index is 13.1. The van der Waals surface area contributed by atoms with Crippen molar-refractivity contribution in [2.75, 3.05) is 6.54 Å². The van der Waals surface area contributed by atoms with Gasteiger partial charge < -0.3 is 26.2 Å². The number of thiophene rings is 2. The predicted octanol–water partition coefficient (Wildman–Crippen LogP) is 2.51. The lowest BCUT2D eigenvalue weighted by atomic mass is 10.2. The fraction of sp³-hybridized carbons (Fsp3) is 0.182. The van der Waals surface area contributed by atoms with Crippen molar-refractivity contribution in [1.82, 2.24) is 16.0 Å².